The molecular weight excluding hydrogens is 336 g/mol. The van der Waals surface area contributed by atoms with Gasteiger partial charge in [-0.2, -0.15) is 0 Å². The molecule has 6 heteroatoms. The van der Waals surface area contributed by atoms with Crippen LogP contribution in [0.1, 0.15) is 59.3 Å². The average Bonchev–Trinajstić information content (AvgIpc) is 2.61. The van der Waals surface area contributed by atoms with Gasteiger partial charge < -0.3 is 23.7 Å². The molecule has 0 saturated heterocycles. The predicted molar refractivity (Wildman–Crippen MR) is 102 cm³/mol. The number of carbonyl (C=O) groups excluding carboxylic acids is 1. The summed E-state index contributed by atoms with van der Waals surface area (Å²) in [5.74, 6) is 0.426. The zero-order valence-corrected chi connectivity index (χ0v) is 17.1. The van der Waals surface area contributed by atoms with Crippen molar-refractivity contribution in [1.29, 1.82) is 0 Å². The lowest BCUT2D eigenvalue weighted by Gasteiger charge is -2.08. The minimum Gasteiger partial charge on any atom is -0.466 e. The van der Waals surface area contributed by atoms with Crippen molar-refractivity contribution in [3.63, 3.8) is 0 Å². The SMILES string of the molecule is CCCCCCOC(=O)CCCOCCOCCOCCOCC(C)C. The van der Waals surface area contributed by atoms with Gasteiger partial charge in [0.1, 0.15) is 0 Å². The monoisotopic (exact) mass is 376 g/mol. The third-order valence-electron chi connectivity index (χ3n) is 3.50. The quantitative estimate of drug-likeness (QED) is 0.239. The summed E-state index contributed by atoms with van der Waals surface area (Å²) < 4.78 is 26.8. The highest BCUT2D eigenvalue weighted by atomic mass is 16.6. The summed E-state index contributed by atoms with van der Waals surface area (Å²) >= 11 is 0. The van der Waals surface area contributed by atoms with Crippen LogP contribution in [0.15, 0.2) is 0 Å². The topological polar surface area (TPSA) is 63.2 Å². The molecule has 0 saturated carbocycles. The van der Waals surface area contributed by atoms with Crippen molar-refractivity contribution >= 4 is 5.97 Å². The second-order valence-corrected chi connectivity index (χ2v) is 6.69. The van der Waals surface area contributed by atoms with Crippen LogP contribution in [-0.4, -0.2) is 65.4 Å². The third kappa shape index (κ3) is 21.4. The molecule has 0 rings (SSSR count). The number of hydrogen-bond donors (Lipinski definition) is 0. The highest BCUT2D eigenvalue weighted by Gasteiger charge is 2.02. The molecular formula is C20H40O6. The maximum Gasteiger partial charge on any atom is 0.305 e. The first-order valence-corrected chi connectivity index (χ1v) is 10.1. The summed E-state index contributed by atoms with van der Waals surface area (Å²) in [4.78, 5) is 11.5. The highest BCUT2D eigenvalue weighted by molar-refractivity contribution is 5.69. The van der Waals surface area contributed by atoms with Crippen LogP contribution in [-0.2, 0) is 28.5 Å². The van der Waals surface area contributed by atoms with Gasteiger partial charge in [-0.3, -0.25) is 4.79 Å². The van der Waals surface area contributed by atoms with Crippen molar-refractivity contribution in [1.82, 2.24) is 0 Å². The van der Waals surface area contributed by atoms with Crippen molar-refractivity contribution in [2.45, 2.75) is 59.3 Å². The van der Waals surface area contributed by atoms with E-state index in [0.29, 0.717) is 71.6 Å². The standard InChI is InChI=1S/C20H40O6/c1-4-5-6-7-11-26-20(21)9-8-10-22-12-13-23-14-15-24-16-17-25-18-19(2)3/h19H,4-18H2,1-3H3. The molecule has 0 aromatic rings. The average molecular weight is 377 g/mol. The first-order valence-electron chi connectivity index (χ1n) is 10.1. The van der Waals surface area contributed by atoms with E-state index in [1.807, 2.05) is 0 Å². The summed E-state index contributed by atoms with van der Waals surface area (Å²) in [7, 11) is 0. The van der Waals surface area contributed by atoms with Gasteiger partial charge >= 0.3 is 5.97 Å². The molecule has 0 aliphatic rings. The Hall–Kier alpha value is -0.690. The molecule has 0 radical (unpaired) electrons. The number of hydrogen-bond acceptors (Lipinski definition) is 6. The summed E-state index contributed by atoms with van der Waals surface area (Å²) in [6.07, 6.45) is 5.59. The Labute approximate surface area is 159 Å². The maximum atomic E-state index is 11.5. The second kappa shape index (κ2) is 20.6. The number of unbranched alkanes of at least 4 members (excludes halogenated alkanes) is 3. The van der Waals surface area contributed by atoms with Gasteiger partial charge in [-0.25, -0.2) is 0 Å². The molecule has 0 amide bonds. The van der Waals surface area contributed by atoms with Crippen molar-refractivity contribution < 1.29 is 28.5 Å². The molecule has 0 N–H and O–H groups in total. The molecule has 0 atom stereocenters. The number of rotatable bonds is 20. The van der Waals surface area contributed by atoms with Crippen molar-refractivity contribution in [3.8, 4) is 0 Å². The minimum atomic E-state index is -0.129. The molecule has 0 unspecified atom stereocenters. The van der Waals surface area contributed by atoms with E-state index >= 15 is 0 Å². The molecule has 0 aliphatic carbocycles. The van der Waals surface area contributed by atoms with Gasteiger partial charge in [0.25, 0.3) is 0 Å². The molecule has 0 aliphatic heterocycles. The largest absolute Gasteiger partial charge is 0.466 e. The van der Waals surface area contributed by atoms with E-state index < -0.39 is 0 Å². The molecule has 0 aromatic carbocycles. The van der Waals surface area contributed by atoms with E-state index in [4.69, 9.17) is 23.7 Å². The first kappa shape index (κ1) is 25.3. The number of ether oxygens (including phenoxy) is 5. The Morgan fingerprint density at radius 1 is 0.692 bits per heavy atom. The van der Waals surface area contributed by atoms with Gasteiger partial charge in [-0.15, -0.1) is 0 Å². The van der Waals surface area contributed by atoms with Crippen molar-refractivity contribution in [3.05, 3.63) is 0 Å². The van der Waals surface area contributed by atoms with Gasteiger partial charge in [0.15, 0.2) is 0 Å². The lowest BCUT2D eigenvalue weighted by molar-refractivity contribution is -0.144. The molecule has 0 aromatic heterocycles. The molecule has 0 bridgehead atoms. The molecule has 156 valence electrons. The fourth-order valence-corrected chi connectivity index (χ4v) is 2.08. The van der Waals surface area contributed by atoms with Crippen LogP contribution in [0, 0.1) is 5.92 Å². The lowest BCUT2D eigenvalue weighted by atomic mass is 10.2. The van der Waals surface area contributed by atoms with Crippen LogP contribution < -0.4 is 0 Å². The van der Waals surface area contributed by atoms with E-state index in [1.165, 1.54) is 12.8 Å². The molecule has 26 heavy (non-hydrogen) atoms. The Morgan fingerprint density at radius 2 is 1.27 bits per heavy atom. The summed E-state index contributed by atoms with van der Waals surface area (Å²) in [5.41, 5.74) is 0. The smallest absolute Gasteiger partial charge is 0.305 e. The molecule has 0 fully saturated rings. The Balaban J connectivity index is 3.11. The van der Waals surface area contributed by atoms with Crippen LogP contribution >= 0.6 is 0 Å². The van der Waals surface area contributed by atoms with Gasteiger partial charge in [0.05, 0.1) is 46.2 Å². The second-order valence-electron chi connectivity index (χ2n) is 6.69. The van der Waals surface area contributed by atoms with E-state index in [-0.39, 0.29) is 5.97 Å². The van der Waals surface area contributed by atoms with Gasteiger partial charge in [0, 0.05) is 19.6 Å². The first-order chi connectivity index (χ1) is 12.7. The van der Waals surface area contributed by atoms with Crippen molar-refractivity contribution in [2.75, 3.05) is 59.5 Å². The third-order valence-corrected chi connectivity index (χ3v) is 3.50. The van der Waals surface area contributed by atoms with Crippen LogP contribution in [0.4, 0.5) is 0 Å². The summed E-state index contributed by atoms with van der Waals surface area (Å²) in [6.45, 7) is 11.7. The Bertz CT molecular complexity index is 296. The minimum absolute atomic E-state index is 0.129. The van der Waals surface area contributed by atoms with Gasteiger partial charge in [-0.1, -0.05) is 40.0 Å². The summed E-state index contributed by atoms with van der Waals surface area (Å²) in [6, 6.07) is 0. The van der Waals surface area contributed by atoms with Crippen LogP contribution in [0.3, 0.4) is 0 Å². The Morgan fingerprint density at radius 3 is 1.85 bits per heavy atom. The molecule has 6 nitrogen and oxygen atoms in total. The Kier molecular flexibility index (Phi) is 20.1. The van der Waals surface area contributed by atoms with E-state index in [1.54, 1.807) is 0 Å². The van der Waals surface area contributed by atoms with Crippen LogP contribution in [0.5, 0.6) is 0 Å². The van der Waals surface area contributed by atoms with E-state index in [2.05, 4.69) is 20.8 Å². The van der Waals surface area contributed by atoms with E-state index in [9.17, 15) is 4.79 Å². The zero-order chi connectivity index (χ0) is 19.3. The molecule has 0 spiro atoms. The predicted octanol–water partition coefficient (Wildman–Crippen LogP) is 3.61. The van der Waals surface area contributed by atoms with Crippen LogP contribution in [0.2, 0.25) is 0 Å². The van der Waals surface area contributed by atoms with Crippen molar-refractivity contribution in [2.24, 2.45) is 5.92 Å². The number of esters is 1. The molecule has 0 heterocycles. The van der Waals surface area contributed by atoms with Crippen LogP contribution in [0.25, 0.3) is 0 Å². The number of carbonyl (C=O) groups is 1. The normalized spacial score (nSPS) is 11.2. The fraction of sp³-hybridized carbons (Fsp3) is 0.950. The van der Waals surface area contributed by atoms with Gasteiger partial charge in [0.2, 0.25) is 0 Å². The van der Waals surface area contributed by atoms with Gasteiger partial charge in [-0.05, 0) is 18.8 Å². The highest BCUT2D eigenvalue weighted by Crippen LogP contribution is 2.01. The summed E-state index contributed by atoms with van der Waals surface area (Å²) in [5, 5.41) is 0. The lowest BCUT2D eigenvalue weighted by Crippen LogP contribution is -2.13. The maximum absolute atomic E-state index is 11.5. The zero-order valence-electron chi connectivity index (χ0n) is 17.1. The fourth-order valence-electron chi connectivity index (χ4n) is 2.08. The van der Waals surface area contributed by atoms with E-state index in [0.717, 1.165) is 19.4 Å².